The van der Waals surface area contributed by atoms with Crippen molar-refractivity contribution in [2.75, 3.05) is 6.61 Å². The second kappa shape index (κ2) is 14.3. The number of terminal acetylenes is 1. The zero-order chi connectivity index (χ0) is 25.8. The molecule has 7 nitrogen and oxygen atoms in total. The number of hydrogen-bond donors (Lipinski definition) is 1. The molecule has 4 atom stereocenters. The van der Waals surface area contributed by atoms with E-state index in [1.807, 2.05) is 13.8 Å². The lowest BCUT2D eigenvalue weighted by Gasteiger charge is -2.29. The van der Waals surface area contributed by atoms with E-state index >= 15 is 0 Å². The van der Waals surface area contributed by atoms with Crippen molar-refractivity contribution in [2.45, 2.75) is 111 Å². The number of hydrogen-bond acceptors (Lipinski definition) is 6. The smallest absolute Gasteiger partial charge is 0.408 e. The summed E-state index contributed by atoms with van der Waals surface area (Å²) in [6.45, 7) is 17.7. The molecule has 0 rings (SSSR count). The number of ether oxygens (including phenoxy) is 3. The van der Waals surface area contributed by atoms with E-state index in [1.54, 1.807) is 27.7 Å². The second-order valence-corrected chi connectivity index (χ2v) is 16.5. The number of nitrogens with one attached hydrogen (secondary N) is 1. The summed E-state index contributed by atoms with van der Waals surface area (Å²) < 4.78 is 16.5. The van der Waals surface area contributed by atoms with Gasteiger partial charge in [0.25, 0.3) is 0 Å². The molecule has 1 amide bonds. The number of amides is 1. The molecule has 0 aliphatic heterocycles. The van der Waals surface area contributed by atoms with Gasteiger partial charge in [-0.25, -0.2) is 9.59 Å². The third-order valence-electron chi connectivity index (χ3n) is 5.24. The van der Waals surface area contributed by atoms with Gasteiger partial charge in [0.1, 0.15) is 17.7 Å². The molecule has 0 radical (unpaired) electrons. The third kappa shape index (κ3) is 14.0. The quantitative estimate of drug-likeness (QED) is 0.128. The van der Waals surface area contributed by atoms with Crippen LogP contribution in [0.15, 0.2) is 0 Å². The van der Waals surface area contributed by atoms with Crippen LogP contribution in [0.1, 0.15) is 67.2 Å². The maximum Gasteiger partial charge on any atom is 0.408 e. The van der Waals surface area contributed by atoms with Crippen molar-refractivity contribution in [1.29, 1.82) is 0 Å². The maximum absolute atomic E-state index is 13.1. The summed E-state index contributed by atoms with van der Waals surface area (Å²) >= 11 is 0. The fourth-order valence-electron chi connectivity index (χ4n) is 2.88. The van der Waals surface area contributed by atoms with Crippen molar-refractivity contribution < 1.29 is 28.6 Å². The van der Waals surface area contributed by atoms with Crippen LogP contribution in [0.2, 0.25) is 25.7 Å². The Labute approximate surface area is 201 Å². The van der Waals surface area contributed by atoms with Crippen molar-refractivity contribution in [1.82, 2.24) is 5.32 Å². The molecule has 0 aliphatic rings. The van der Waals surface area contributed by atoms with Crippen LogP contribution in [0.3, 0.4) is 0 Å². The summed E-state index contributed by atoms with van der Waals surface area (Å²) in [6, 6.07) is -0.0294. The Hall–Kier alpha value is -2.01. The molecule has 0 spiro atoms. The van der Waals surface area contributed by atoms with Crippen LogP contribution in [-0.4, -0.2) is 50.5 Å². The first-order chi connectivity index (χ1) is 15.1. The minimum absolute atomic E-state index is 0.185. The molecule has 0 aromatic carbocycles. The number of carbonyl (C=O) groups is 3. The van der Waals surface area contributed by atoms with Crippen LogP contribution in [0.4, 0.5) is 4.79 Å². The third-order valence-corrected chi connectivity index (χ3v) is 6.95. The average molecular weight is 484 g/mol. The summed E-state index contributed by atoms with van der Waals surface area (Å²) in [5, 5.41) is 2.64. The Morgan fingerprint density at radius 3 is 2.18 bits per heavy atom. The fourth-order valence-corrected chi connectivity index (χ4v) is 3.60. The van der Waals surface area contributed by atoms with Crippen LogP contribution < -0.4 is 5.32 Å². The van der Waals surface area contributed by atoms with E-state index < -0.39 is 49.8 Å². The van der Waals surface area contributed by atoms with Gasteiger partial charge in [0.15, 0.2) is 0 Å². The molecule has 190 valence electrons. The number of carbonyl (C=O) groups excluding carboxylic acids is 3. The average Bonchev–Trinajstić information content (AvgIpc) is 2.67. The van der Waals surface area contributed by atoms with Gasteiger partial charge in [0.2, 0.25) is 0 Å². The Kier molecular flexibility index (Phi) is 13.4. The van der Waals surface area contributed by atoms with Crippen LogP contribution in [-0.2, 0) is 23.8 Å². The number of alkyl carbamates (subject to hydrolysis) is 1. The van der Waals surface area contributed by atoms with Gasteiger partial charge in [0, 0.05) is 14.5 Å². The minimum atomic E-state index is -1.34. The number of unbranched alkanes of at least 4 members (excludes halogenated alkanes) is 1. The standard InChI is InChI=1S/C25H45NO6Si/c1-11-13-14-15-20(19(4)22(27)30-16-17-33(8,9)10)31-23(28)21(18(3)12-2)26-24(29)32-25(5,6)7/h1,18-21H,12-17H2,2-10H3,(H,26,29)/t18-,19+,20-,21+/m1/s1. The molecular formula is C25H45NO6Si. The van der Waals surface area contributed by atoms with Crippen LogP contribution in [0, 0.1) is 24.2 Å². The number of esters is 2. The molecule has 0 aromatic heterocycles. The molecule has 0 unspecified atom stereocenters. The molecule has 33 heavy (non-hydrogen) atoms. The predicted molar refractivity (Wildman–Crippen MR) is 133 cm³/mol. The lowest BCUT2D eigenvalue weighted by molar-refractivity contribution is -0.163. The highest BCUT2D eigenvalue weighted by Gasteiger charge is 2.34. The predicted octanol–water partition coefficient (Wildman–Crippen LogP) is 5.16. The summed E-state index contributed by atoms with van der Waals surface area (Å²) in [4.78, 5) is 38.0. The zero-order valence-corrected chi connectivity index (χ0v) is 23.1. The first-order valence-electron chi connectivity index (χ1n) is 11.9. The Bertz CT molecular complexity index is 674. The first-order valence-corrected chi connectivity index (χ1v) is 15.6. The number of rotatable bonds is 13. The van der Waals surface area contributed by atoms with E-state index in [1.165, 1.54) is 0 Å². The Morgan fingerprint density at radius 2 is 1.70 bits per heavy atom. The van der Waals surface area contributed by atoms with E-state index in [0.29, 0.717) is 32.3 Å². The maximum atomic E-state index is 13.1. The normalized spacial score (nSPS) is 15.4. The molecular weight excluding hydrogens is 438 g/mol. The Balaban J connectivity index is 5.37. The SMILES string of the molecule is C#CCCC[C@@H](OC(=O)[C@@H](NC(=O)OC(C)(C)C)[C@H](C)CC)[C@H](C)C(=O)OCC[Si](C)(C)C. The van der Waals surface area contributed by atoms with Crippen LogP contribution in [0.25, 0.3) is 0 Å². The van der Waals surface area contributed by atoms with E-state index in [-0.39, 0.29) is 5.92 Å². The molecule has 0 aliphatic carbocycles. The molecule has 0 saturated carbocycles. The molecule has 0 heterocycles. The topological polar surface area (TPSA) is 90.9 Å². The molecule has 0 bridgehead atoms. The van der Waals surface area contributed by atoms with Crippen molar-refractivity contribution in [3.8, 4) is 12.3 Å². The van der Waals surface area contributed by atoms with Crippen LogP contribution in [0.5, 0.6) is 0 Å². The molecule has 1 N–H and O–H groups in total. The minimum Gasteiger partial charge on any atom is -0.466 e. The van der Waals surface area contributed by atoms with Gasteiger partial charge >= 0.3 is 18.0 Å². The Morgan fingerprint density at radius 1 is 1.09 bits per heavy atom. The molecule has 0 aromatic rings. The summed E-state index contributed by atoms with van der Waals surface area (Å²) in [7, 11) is -1.34. The van der Waals surface area contributed by atoms with Gasteiger partial charge < -0.3 is 19.5 Å². The van der Waals surface area contributed by atoms with Gasteiger partial charge in [-0.2, -0.15) is 0 Å². The van der Waals surface area contributed by atoms with Crippen molar-refractivity contribution in [3.63, 3.8) is 0 Å². The van der Waals surface area contributed by atoms with Gasteiger partial charge in [-0.15, -0.1) is 12.3 Å². The molecule has 0 fully saturated rings. The summed E-state index contributed by atoms with van der Waals surface area (Å²) in [5.74, 6) is 0.746. The first kappa shape index (κ1) is 31.0. The van der Waals surface area contributed by atoms with E-state index in [0.717, 1.165) is 6.04 Å². The van der Waals surface area contributed by atoms with E-state index in [9.17, 15) is 14.4 Å². The monoisotopic (exact) mass is 483 g/mol. The highest BCUT2D eigenvalue weighted by Crippen LogP contribution is 2.20. The van der Waals surface area contributed by atoms with E-state index in [4.69, 9.17) is 20.6 Å². The van der Waals surface area contributed by atoms with Gasteiger partial charge in [-0.05, 0) is 52.5 Å². The van der Waals surface area contributed by atoms with Gasteiger partial charge in [0.05, 0.1) is 12.5 Å². The van der Waals surface area contributed by atoms with Gasteiger partial charge in [-0.1, -0.05) is 39.9 Å². The highest BCUT2D eigenvalue weighted by molar-refractivity contribution is 6.76. The summed E-state index contributed by atoms with van der Waals surface area (Å²) in [5.41, 5.74) is -0.695. The van der Waals surface area contributed by atoms with Gasteiger partial charge in [-0.3, -0.25) is 4.79 Å². The molecule has 0 saturated heterocycles. The summed E-state index contributed by atoms with van der Waals surface area (Å²) in [6.07, 6.45) is 6.17. The zero-order valence-electron chi connectivity index (χ0n) is 22.1. The van der Waals surface area contributed by atoms with E-state index in [2.05, 4.69) is 30.9 Å². The largest absolute Gasteiger partial charge is 0.466 e. The lowest BCUT2D eigenvalue weighted by Crippen LogP contribution is -2.49. The lowest BCUT2D eigenvalue weighted by atomic mass is 9.97. The van der Waals surface area contributed by atoms with Crippen molar-refractivity contribution in [2.24, 2.45) is 11.8 Å². The van der Waals surface area contributed by atoms with Crippen molar-refractivity contribution >= 4 is 26.1 Å². The highest BCUT2D eigenvalue weighted by atomic mass is 28.3. The molecule has 8 heteroatoms. The van der Waals surface area contributed by atoms with Crippen LogP contribution >= 0.6 is 0 Å². The fraction of sp³-hybridized carbons (Fsp3) is 0.800. The van der Waals surface area contributed by atoms with Crippen molar-refractivity contribution in [3.05, 3.63) is 0 Å². The second-order valence-electron chi connectivity index (χ2n) is 10.8.